The molecule has 1 aromatic carbocycles. The van der Waals surface area contributed by atoms with Gasteiger partial charge in [0.2, 0.25) is 0 Å². The molecule has 1 aliphatic rings. The summed E-state index contributed by atoms with van der Waals surface area (Å²) in [7, 11) is 1.59. The topological polar surface area (TPSA) is 47.6 Å². The number of ether oxygens (including phenoxy) is 1. The molecule has 0 unspecified atom stereocenters. The molecular formula is C13H17NO3. The van der Waals surface area contributed by atoms with Gasteiger partial charge in [-0.05, 0) is 18.4 Å². The smallest absolute Gasteiger partial charge is 0.254 e. The summed E-state index contributed by atoms with van der Waals surface area (Å²) in [4.78, 5) is 17.1. The minimum absolute atomic E-state index is 0.0557. The molecule has 4 heteroatoms. The molecule has 2 rings (SSSR count). The first-order valence-electron chi connectivity index (χ1n) is 5.76. The predicted molar refractivity (Wildman–Crippen MR) is 63.3 cm³/mol. The van der Waals surface area contributed by atoms with Crippen molar-refractivity contribution in [2.45, 2.75) is 18.3 Å². The van der Waals surface area contributed by atoms with Crippen LogP contribution in [0.15, 0.2) is 30.3 Å². The van der Waals surface area contributed by atoms with E-state index < -0.39 is 0 Å². The van der Waals surface area contributed by atoms with Crippen LogP contribution in [0.2, 0.25) is 0 Å². The molecule has 1 N–H and O–H groups in total. The molecule has 17 heavy (non-hydrogen) atoms. The Morgan fingerprint density at radius 2 is 2.00 bits per heavy atom. The number of amides is 1. The minimum Gasteiger partial charge on any atom is -0.382 e. The van der Waals surface area contributed by atoms with Gasteiger partial charge in [0.1, 0.15) is 0 Å². The highest BCUT2D eigenvalue weighted by Crippen LogP contribution is 2.48. The number of hydroxylamine groups is 1. The summed E-state index contributed by atoms with van der Waals surface area (Å²) in [5.74, 6) is -0.0557. The molecule has 0 spiro atoms. The van der Waals surface area contributed by atoms with Gasteiger partial charge in [-0.15, -0.1) is 0 Å². The van der Waals surface area contributed by atoms with E-state index in [1.165, 1.54) is 0 Å². The predicted octanol–water partition coefficient (Wildman–Crippen LogP) is 1.41. The summed E-state index contributed by atoms with van der Waals surface area (Å²) >= 11 is 0. The van der Waals surface area contributed by atoms with E-state index in [1.807, 2.05) is 30.3 Å². The van der Waals surface area contributed by atoms with E-state index in [2.05, 4.69) is 5.48 Å². The third-order valence-electron chi connectivity index (χ3n) is 3.07. The van der Waals surface area contributed by atoms with Crippen molar-refractivity contribution in [1.29, 1.82) is 0 Å². The van der Waals surface area contributed by atoms with E-state index in [-0.39, 0.29) is 11.3 Å². The van der Waals surface area contributed by atoms with Crippen LogP contribution in [0.4, 0.5) is 0 Å². The summed E-state index contributed by atoms with van der Waals surface area (Å²) in [6.07, 6.45) is 1.77. The molecule has 1 fully saturated rings. The number of carbonyl (C=O) groups is 1. The average molecular weight is 235 g/mol. The first kappa shape index (κ1) is 12.1. The zero-order valence-electron chi connectivity index (χ0n) is 9.94. The van der Waals surface area contributed by atoms with Crippen molar-refractivity contribution in [2.24, 2.45) is 0 Å². The highest BCUT2D eigenvalue weighted by atomic mass is 16.7. The highest BCUT2D eigenvalue weighted by Gasteiger charge is 2.51. The van der Waals surface area contributed by atoms with Crippen LogP contribution in [0.25, 0.3) is 0 Å². The molecule has 1 aromatic rings. The van der Waals surface area contributed by atoms with Gasteiger partial charge in [-0.1, -0.05) is 30.3 Å². The second kappa shape index (κ2) is 5.29. The summed E-state index contributed by atoms with van der Waals surface area (Å²) in [6, 6.07) is 9.83. The highest BCUT2D eigenvalue weighted by molar-refractivity contribution is 5.90. The maximum Gasteiger partial charge on any atom is 0.254 e. The van der Waals surface area contributed by atoms with Crippen molar-refractivity contribution in [3.63, 3.8) is 0 Å². The first-order valence-corrected chi connectivity index (χ1v) is 5.76. The molecule has 0 bridgehead atoms. The van der Waals surface area contributed by atoms with Crippen LogP contribution in [0.3, 0.4) is 0 Å². The Bertz CT molecular complexity index is 374. The third kappa shape index (κ3) is 2.65. The number of nitrogens with one attached hydrogen (secondary N) is 1. The molecule has 0 saturated heterocycles. The van der Waals surface area contributed by atoms with Crippen molar-refractivity contribution >= 4 is 5.91 Å². The van der Waals surface area contributed by atoms with E-state index in [1.54, 1.807) is 7.11 Å². The summed E-state index contributed by atoms with van der Waals surface area (Å²) < 4.78 is 4.83. The zero-order valence-corrected chi connectivity index (χ0v) is 9.94. The van der Waals surface area contributed by atoms with Gasteiger partial charge in [0.05, 0.1) is 18.6 Å². The zero-order chi connectivity index (χ0) is 12.1. The Morgan fingerprint density at radius 3 is 2.59 bits per heavy atom. The van der Waals surface area contributed by atoms with Gasteiger partial charge in [0.15, 0.2) is 0 Å². The maximum atomic E-state index is 12.0. The van der Waals surface area contributed by atoms with Crippen molar-refractivity contribution in [3.05, 3.63) is 35.9 Å². The van der Waals surface area contributed by atoms with Crippen LogP contribution in [-0.2, 0) is 19.8 Å². The Morgan fingerprint density at radius 1 is 1.29 bits per heavy atom. The lowest BCUT2D eigenvalue weighted by molar-refractivity contribution is -0.137. The summed E-state index contributed by atoms with van der Waals surface area (Å²) in [6.45, 7) is 0.839. The molecule has 1 amide bonds. The van der Waals surface area contributed by atoms with Crippen LogP contribution in [0, 0.1) is 0 Å². The van der Waals surface area contributed by atoms with Crippen molar-refractivity contribution in [3.8, 4) is 0 Å². The van der Waals surface area contributed by atoms with Gasteiger partial charge >= 0.3 is 0 Å². The van der Waals surface area contributed by atoms with Crippen molar-refractivity contribution in [1.82, 2.24) is 5.48 Å². The first-order chi connectivity index (χ1) is 8.29. The second-order valence-corrected chi connectivity index (χ2v) is 4.22. The molecule has 0 atom stereocenters. The fraction of sp³-hybridized carbons (Fsp3) is 0.462. The van der Waals surface area contributed by atoms with E-state index in [4.69, 9.17) is 9.57 Å². The largest absolute Gasteiger partial charge is 0.382 e. The van der Waals surface area contributed by atoms with Gasteiger partial charge < -0.3 is 4.74 Å². The number of hydrogen-bond donors (Lipinski definition) is 1. The lowest BCUT2D eigenvalue weighted by Gasteiger charge is -2.15. The Balaban J connectivity index is 1.91. The average Bonchev–Trinajstić information content (AvgIpc) is 3.17. The van der Waals surface area contributed by atoms with Crippen LogP contribution in [0.1, 0.15) is 18.4 Å². The summed E-state index contributed by atoms with van der Waals surface area (Å²) in [5.41, 5.74) is 3.20. The maximum absolute atomic E-state index is 12.0. The number of carbonyl (C=O) groups excluding carboxylic acids is 1. The van der Waals surface area contributed by atoms with Crippen molar-refractivity contribution in [2.75, 3.05) is 20.3 Å². The number of methoxy groups -OCH3 is 1. The van der Waals surface area contributed by atoms with E-state index in [0.29, 0.717) is 13.2 Å². The number of benzene rings is 1. The molecule has 4 nitrogen and oxygen atoms in total. The van der Waals surface area contributed by atoms with Crippen molar-refractivity contribution < 1.29 is 14.4 Å². The normalized spacial score (nSPS) is 16.5. The molecule has 0 aromatic heterocycles. The molecule has 1 saturated carbocycles. The van der Waals surface area contributed by atoms with Gasteiger partial charge in [-0.2, -0.15) is 0 Å². The Labute approximate surface area is 101 Å². The Hall–Kier alpha value is -1.39. The molecule has 0 aliphatic heterocycles. The number of rotatable bonds is 6. The third-order valence-corrected chi connectivity index (χ3v) is 3.07. The fourth-order valence-corrected chi connectivity index (χ4v) is 1.87. The monoisotopic (exact) mass is 235 g/mol. The fourth-order valence-electron chi connectivity index (χ4n) is 1.87. The molecular weight excluding hydrogens is 218 g/mol. The molecule has 1 aliphatic carbocycles. The van der Waals surface area contributed by atoms with E-state index in [9.17, 15) is 4.79 Å². The quantitative estimate of drug-likeness (QED) is 0.599. The van der Waals surface area contributed by atoms with Crippen LogP contribution >= 0.6 is 0 Å². The SMILES string of the molecule is COCCONC(=O)C1(c2ccccc2)CC1. The van der Waals surface area contributed by atoms with E-state index in [0.717, 1.165) is 18.4 Å². The van der Waals surface area contributed by atoms with Gasteiger partial charge in [-0.3, -0.25) is 9.63 Å². The van der Waals surface area contributed by atoms with E-state index >= 15 is 0 Å². The second-order valence-electron chi connectivity index (χ2n) is 4.22. The van der Waals surface area contributed by atoms with Crippen LogP contribution in [-0.4, -0.2) is 26.2 Å². The van der Waals surface area contributed by atoms with Crippen LogP contribution in [0.5, 0.6) is 0 Å². The molecule has 0 heterocycles. The summed E-state index contributed by atoms with van der Waals surface area (Å²) in [5, 5.41) is 0. The van der Waals surface area contributed by atoms with Crippen LogP contribution < -0.4 is 5.48 Å². The molecule has 0 radical (unpaired) electrons. The molecule has 92 valence electrons. The van der Waals surface area contributed by atoms with Gasteiger partial charge in [0, 0.05) is 7.11 Å². The van der Waals surface area contributed by atoms with Gasteiger partial charge in [-0.25, -0.2) is 5.48 Å². The lowest BCUT2D eigenvalue weighted by atomic mass is 9.95. The standard InChI is InChI=1S/C13H17NO3/c1-16-9-10-17-14-12(15)13(7-8-13)11-5-3-2-4-6-11/h2-6H,7-10H2,1H3,(H,14,15). The lowest BCUT2D eigenvalue weighted by Crippen LogP contribution is -2.35. The Kier molecular flexibility index (Phi) is 3.76. The number of hydrogen-bond acceptors (Lipinski definition) is 3. The van der Waals surface area contributed by atoms with Gasteiger partial charge in [0.25, 0.3) is 5.91 Å². The minimum atomic E-state index is -0.367.